The van der Waals surface area contributed by atoms with Crippen LogP contribution < -0.4 is 0 Å². The topological polar surface area (TPSA) is 79.8 Å². The molecule has 2 aliphatic heterocycles. The normalized spacial score (nSPS) is 23.4. The van der Waals surface area contributed by atoms with E-state index >= 15 is 0 Å². The van der Waals surface area contributed by atoms with Gasteiger partial charge in [-0.05, 0) is 35.7 Å². The number of hydrogen-bond acceptors (Lipinski definition) is 5. The van der Waals surface area contributed by atoms with Crippen molar-refractivity contribution in [2.45, 2.75) is 37.3 Å². The van der Waals surface area contributed by atoms with Crippen molar-refractivity contribution in [2.24, 2.45) is 0 Å². The highest BCUT2D eigenvalue weighted by Gasteiger charge is 2.54. The van der Waals surface area contributed by atoms with Gasteiger partial charge in [0, 0.05) is 38.9 Å². The summed E-state index contributed by atoms with van der Waals surface area (Å²) in [4.78, 5) is 46.4. The standard InChI is InChI=1S/C23H24FN3O4/c1-26(19-7-9-31-15-19)20(28)11-23(17-5-2-6-18(24)10-17)12-21(29)27(22(23)30)14-16-4-3-8-25-13-16/h2-6,8,10,13,19H,7,9,11-12,14-15H2,1H3/t19-,23+/m0/s1. The predicted molar refractivity (Wildman–Crippen MR) is 109 cm³/mol. The molecule has 0 radical (unpaired) electrons. The SMILES string of the molecule is CN(C(=O)C[C@]1(c2cccc(F)c2)CC(=O)N(Cc2cccnc2)C1=O)[C@H]1CCOC1. The number of aromatic nitrogens is 1. The fourth-order valence-corrected chi connectivity index (χ4v) is 4.30. The van der Waals surface area contributed by atoms with Gasteiger partial charge >= 0.3 is 0 Å². The van der Waals surface area contributed by atoms with Crippen LogP contribution in [0.4, 0.5) is 4.39 Å². The lowest BCUT2D eigenvalue weighted by Crippen LogP contribution is -2.45. The van der Waals surface area contributed by atoms with Crippen molar-refractivity contribution in [1.29, 1.82) is 0 Å². The number of hydrogen-bond donors (Lipinski definition) is 0. The molecule has 2 aromatic rings. The number of pyridine rings is 1. The predicted octanol–water partition coefficient (Wildman–Crippen LogP) is 2.05. The number of ether oxygens (including phenoxy) is 1. The molecule has 2 aliphatic rings. The summed E-state index contributed by atoms with van der Waals surface area (Å²) in [6.07, 6.45) is 3.51. The van der Waals surface area contributed by atoms with E-state index < -0.39 is 23.0 Å². The van der Waals surface area contributed by atoms with Crippen LogP contribution >= 0.6 is 0 Å². The second kappa shape index (κ2) is 8.55. The van der Waals surface area contributed by atoms with Crippen molar-refractivity contribution in [1.82, 2.24) is 14.8 Å². The molecule has 0 N–H and O–H groups in total. The van der Waals surface area contributed by atoms with E-state index in [0.29, 0.717) is 24.3 Å². The fourth-order valence-electron chi connectivity index (χ4n) is 4.30. The van der Waals surface area contributed by atoms with Gasteiger partial charge in [-0.25, -0.2) is 4.39 Å². The summed E-state index contributed by atoms with van der Waals surface area (Å²) in [6.45, 7) is 1.08. The molecule has 0 spiro atoms. The zero-order chi connectivity index (χ0) is 22.0. The number of halogens is 1. The Bertz CT molecular complexity index is 993. The Morgan fingerprint density at radius 1 is 1.32 bits per heavy atom. The van der Waals surface area contributed by atoms with Gasteiger partial charge in [0.05, 0.1) is 24.6 Å². The van der Waals surface area contributed by atoms with Crippen molar-refractivity contribution in [3.63, 3.8) is 0 Å². The van der Waals surface area contributed by atoms with Gasteiger partial charge in [-0.1, -0.05) is 18.2 Å². The number of likely N-dealkylation sites (N-methyl/N-ethyl adjacent to an activating group) is 1. The van der Waals surface area contributed by atoms with Crippen molar-refractivity contribution < 1.29 is 23.5 Å². The Balaban J connectivity index is 1.67. The first-order valence-electron chi connectivity index (χ1n) is 10.2. The van der Waals surface area contributed by atoms with Gasteiger partial charge in [0.2, 0.25) is 17.7 Å². The number of imide groups is 1. The first-order chi connectivity index (χ1) is 14.9. The second-order valence-electron chi connectivity index (χ2n) is 8.11. The molecular weight excluding hydrogens is 401 g/mol. The van der Waals surface area contributed by atoms with E-state index in [4.69, 9.17) is 4.74 Å². The quantitative estimate of drug-likeness (QED) is 0.662. The Labute approximate surface area is 179 Å². The first-order valence-corrected chi connectivity index (χ1v) is 10.2. The molecule has 31 heavy (non-hydrogen) atoms. The molecule has 2 saturated heterocycles. The minimum atomic E-state index is -1.44. The molecule has 1 aromatic carbocycles. The largest absolute Gasteiger partial charge is 0.379 e. The summed E-state index contributed by atoms with van der Waals surface area (Å²) in [7, 11) is 1.68. The molecule has 4 rings (SSSR count). The number of benzene rings is 1. The van der Waals surface area contributed by atoms with Gasteiger partial charge in [-0.15, -0.1) is 0 Å². The van der Waals surface area contributed by atoms with E-state index in [2.05, 4.69) is 4.98 Å². The van der Waals surface area contributed by atoms with Gasteiger partial charge in [0.1, 0.15) is 5.82 Å². The maximum absolute atomic E-state index is 14.1. The van der Waals surface area contributed by atoms with Gasteiger partial charge < -0.3 is 9.64 Å². The lowest BCUT2D eigenvalue weighted by atomic mass is 9.75. The van der Waals surface area contributed by atoms with Crippen LogP contribution in [-0.2, 0) is 31.1 Å². The van der Waals surface area contributed by atoms with Crippen molar-refractivity contribution >= 4 is 17.7 Å². The molecule has 0 unspecified atom stereocenters. The average Bonchev–Trinajstić information content (AvgIpc) is 3.38. The molecule has 7 nitrogen and oxygen atoms in total. The summed E-state index contributed by atoms with van der Waals surface area (Å²) in [6, 6.07) is 9.04. The zero-order valence-electron chi connectivity index (χ0n) is 17.3. The third-order valence-corrected chi connectivity index (χ3v) is 6.15. The van der Waals surface area contributed by atoms with Gasteiger partial charge in [-0.2, -0.15) is 0 Å². The Morgan fingerprint density at radius 3 is 2.84 bits per heavy atom. The van der Waals surface area contributed by atoms with Crippen LogP contribution in [-0.4, -0.2) is 58.8 Å². The highest BCUT2D eigenvalue weighted by atomic mass is 19.1. The average molecular weight is 425 g/mol. The molecular formula is C23H24FN3O4. The number of nitrogens with zero attached hydrogens (tertiary/aromatic N) is 3. The van der Waals surface area contributed by atoms with E-state index in [1.807, 2.05) is 0 Å². The second-order valence-corrected chi connectivity index (χ2v) is 8.11. The lowest BCUT2D eigenvalue weighted by molar-refractivity contribution is -0.143. The van der Waals surface area contributed by atoms with Crippen LogP contribution in [0.2, 0.25) is 0 Å². The maximum Gasteiger partial charge on any atom is 0.241 e. The first kappa shape index (κ1) is 21.1. The number of carbonyl (C=O) groups is 3. The van der Waals surface area contributed by atoms with Crippen LogP contribution in [0.5, 0.6) is 0 Å². The molecule has 2 atom stereocenters. The lowest BCUT2D eigenvalue weighted by Gasteiger charge is -2.31. The van der Waals surface area contributed by atoms with Crippen molar-refractivity contribution in [3.05, 3.63) is 65.7 Å². The summed E-state index contributed by atoms with van der Waals surface area (Å²) >= 11 is 0. The Morgan fingerprint density at radius 2 is 2.16 bits per heavy atom. The molecule has 3 amide bonds. The molecule has 3 heterocycles. The monoisotopic (exact) mass is 425 g/mol. The minimum absolute atomic E-state index is 0.0586. The summed E-state index contributed by atoms with van der Waals surface area (Å²) < 4.78 is 19.4. The number of amides is 3. The third-order valence-electron chi connectivity index (χ3n) is 6.15. The molecule has 0 aliphatic carbocycles. The van der Waals surface area contributed by atoms with Crippen molar-refractivity contribution in [2.75, 3.05) is 20.3 Å². The maximum atomic E-state index is 14.1. The van der Waals surface area contributed by atoms with Gasteiger partial charge in [0.15, 0.2) is 0 Å². The van der Waals surface area contributed by atoms with Crippen LogP contribution in [0.1, 0.15) is 30.4 Å². The van der Waals surface area contributed by atoms with E-state index in [1.54, 1.807) is 42.5 Å². The van der Waals surface area contributed by atoms with E-state index in [9.17, 15) is 18.8 Å². The van der Waals surface area contributed by atoms with E-state index in [1.165, 1.54) is 18.2 Å². The van der Waals surface area contributed by atoms with Crippen molar-refractivity contribution in [3.8, 4) is 0 Å². The summed E-state index contributed by atoms with van der Waals surface area (Å²) in [5, 5.41) is 0. The highest BCUT2D eigenvalue weighted by molar-refractivity contribution is 6.10. The fraction of sp³-hybridized carbons (Fsp3) is 0.391. The molecule has 162 valence electrons. The highest BCUT2D eigenvalue weighted by Crippen LogP contribution is 2.41. The Hall–Kier alpha value is -3.13. The molecule has 1 aromatic heterocycles. The molecule has 8 heteroatoms. The van der Waals surface area contributed by atoms with Gasteiger partial charge in [-0.3, -0.25) is 24.3 Å². The molecule has 0 bridgehead atoms. The van der Waals surface area contributed by atoms with Crippen LogP contribution in [0.3, 0.4) is 0 Å². The third kappa shape index (κ3) is 4.07. The number of rotatable bonds is 6. The van der Waals surface area contributed by atoms with Crippen LogP contribution in [0.25, 0.3) is 0 Å². The Kier molecular flexibility index (Phi) is 5.82. The van der Waals surface area contributed by atoms with Crippen LogP contribution in [0.15, 0.2) is 48.8 Å². The van der Waals surface area contributed by atoms with Gasteiger partial charge in [0.25, 0.3) is 0 Å². The van der Waals surface area contributed by atoms with E-state index in [-0.39, 0.29) is 31.3 Å². The van der Waals surface area contributed by atoms with Crippen LogP contribution in [0, 0.1) is 5.82 Å². The molecule has 2 fully saturated rings. The number of likely N-dealkylation sites (tertiary alicyclic amines) is 1. The molecule has 0 saturated carbocycles. The summed E-state index contributed by atoms with van der Waals surface area (Å²) in [5.41, 5.74) is -0.401. The number of carbonyl (C=O) groups excluding carboxylic acids is 3. The zero-order valence-corrected chi connectivity index (χ0v) is 17.3. The summed E-state index contributed by atoms with van der Waals surface area (Å²) in [5.74, 6) is -1.67. The minimum Gasteiger partial charge on any atom is -0.379 e. The van der Waals surface area contributed by atoms with E-state index in [0.717, 1.165) is 11.3 Å². The smallest absolute Gasteiger partial charge is 0.241 e.